The standard InChI is InChI=1S/C12H18N2O2S/c1-9-8-17-12(14-9)7-13-11(15)5-4-10-3-2-6-16-10/h8,10H,2-7H2,1H3,(H,13,15). The molecular weight excluding hydrogens is 236 g/mol. The van der Waals surface area contributed by atoms with Crippen LogP contribution in [0.3, 0.4) is 0 Å². The molecular formula is C12H18N2O2S. The SMILES string of the molecule is Cc1csc(CNC(=O)CCC2CCCO2)n1. The highest BCUT2D eigenvalue weighted by molar-refractivity contribution is 7.09. The zero-order valence-electron chi connectivity index (χ0n) is 10.1. The molecule has 1 unspecified atom stereocenters. The lowest BCUT2D eigenvalue weighted by Crippen LogP contribution is -2.23. The van der Waals surface area contributed by atoms with Crippen molar-refractivity contribution in [3.8, 4) is 0 Å². The minimum absolute atomic E-state index is 0.0911. The highest BCUT2D eigenvalue weighted by Crippen LogP contribution is 2.16. The van der Waals surface area contributed by atoms with Gasteiger partial charge in [0, 0.05) is 24.1 Å². The van der Waals surface area contributed by atoms with Gasteiger partial charge in [-0.1, -0.05) is 0 Å². The first-order valence-electron chi connectivity index (χ1n) is 6.03. The summed E-state index contributed by atoms with van der Waals surface area (Å²) in [6, 6.07) is 0. The molecule has 1 saturated heterocycles. The average molecular weight is 254 g/mol. The molecule has 1 aliphatic rings. The van der Waals surface area contributed by atoms with Gasteiger partial charge in [-0.15, -0.1) is 11.3 Å². The van der Waals surface area contributed by atoms with E-state index in [0.717, 1.165) is 36.6 Å². The van der Waals surface area contributed by atoms with Crippen LogP contribution < -0.4 is 5.32 Å². The van der Waals surface area contributed by atoms with Crippen LogP contribution in [0, 0.1) is 6.92 Å². The first-order chi connectivity index (χ1) is 8.24. The highest BCUT2D eigenvalue weighted by Gasteiger charge is 2.16. The quantitative estimate of drug-likeness (QED) is 0.874. The maximum atomic E-state index is 11.6. The van der Waals surface area contributed by atoms with Crippen LogP contribution in [0.2, 0.25) is 0 Å². The van der Waals surface area contributed by atoms with Gasteiger partial charge < -0.3 is 10.1 Å². The Morgan fingerprint density at radius 1 is 1.71 bits per heavy atom. The number of amides is 1. The van der Waals surface area contributed by atoms with Gasteiger partial charge in [-0.3, -0.25) is 4.79 Å². The molecule has 1 N–H and O–H groups in total. The number of hydrogen-bond donors (Lipinski definition) is 1. The second-order valence-corrected chi connectivity index (χ2v) is 5.28. The normalized spacial score (nSPS) is 19.5. The fourth-order valence-corrected chi connectivity index (χ4v) is 2.62. The van der Waals surface area contributed by atoms with E-state index in [0.29, 0.717) is 19.1 Å². The van der Waals surface area contributed by atoms with Crippen molar-refractivity contribution in [2.75, 3.05) is 6.61 Å². The number of ether oxygens (including phenoxy) is 1. The first-order valence-corrected chi connectivity index (χ1v) is 6.91. The number of thiazole rings is 1. The third-order valence-electron chi connectivity index (χ3n) is 2.82. The largest absolute Gasteiger partial charge is 0.378 e. The van der Waals surface area contributed by atoms with E-state index in [1.807, 2.05) is 12.3 Å². The molecule has 1 atom stereocenters. The summed E-state index contributed by atoms with van der Waals surface area (Å²) in [7, 11) is 0. The second kappa shape index (κ2) is 6.12. The molecule has 1 aliphatic heterocycles. The molecule has 1 amide bonds. The molecule has 0 saturated carbocycles. The molecule has 0 bridgehead atoms. The Labute approximate surface area is 105 Å². The number of rotatable bonds is 5. The van der Waals surface area contributed by atoms with Crippen molar-refractivity contribution in [1.82, 2.24) is 10.3 Å². The molecule has 0 aliphatic carbocycles. The summed E-state index contributed by atoms with van der Waals surface area (Å²) in [6.07, 6.45) is 3.91. The third kappa shape index (κ3) is 4.09. The number of carbonyl (C=O) groups is 1. The maximum Gasteiger partial charge on any atom is 0.220 e. The summed E-state index contributed by atoms with van der Waals surface area (Å²) < 4.78 is 5.48. The van der Waals surface area contributed by atoms with Gasteiger partial charge in [-0.2, -0.15) is 0 Å². The predicted octanol–water partition coefficient (Wildman–Crippen LogP) is 2.03. The van der Waals surface area contributed by atoms with Crippen LogP contribution in [0.25, 0.3) is 0 Å². The predicted molar refractivity (Wildman–Crippen MR) is 66.9 cm³/mol. The number of aryl methyl sites for hydroxylation is 1. The van der Waals surface area contributed by atoms with Crippen LogP contribution in [-0.2, 0) is 16.1 Å². The molecule has 0 radical (unpaired) electrons. The van der Waals surface area contributed by atoms with Crippen molar-refractivity contribution in [3.63, 3.8) is 0 Å². The van der Waals surface area contributed by atoms with Crippen LogP contribution in [0.1, 0.15) is 36.4 Å². The third-order valence-corrected chi connectivity index (χ3v) is 3.79. The Morgan fingerprint density at radius 3 is 3.24 bits per heavy atom. The van der Waals surface area contributed by atoms with Crippen molar-refractivity contribution >= 4 is 17.2 Å². The Balaban J connectivity index is 1.63. The number of aromatic nitrogens is 1. The molecule has 5 heteroatoms. The van der Waals surface area contributed by atoms with Gasteiger partial charge in [-0.05, 0) is 26.2 Å². The highest BCUT2D eigenvalue weighted by atomic mass is 32.1. The van der Waals surface area contributed by atoms with E-state index in [4.69, 9.17) is 4.74 Å². The zero-order chi connectivity index (χ0) is 12.1. The molecule has 2 heterocycles. The van der Waals surface area contributed by atoms with Gasteiger partial charge in [0.1, 0.15) is 5.01 Å². The van der Waals surface area contributed by atoms with Crippen LogP contribution in [0.5, 0.6) is 0 Å². The van der Waals surface area contributed by atoms with Crippen molar-refractivity contribution in [1.29, 1.82) is 0 Å². The Hall–Kier alpha value is -0.940. The molecule has 0 spiro atoms. The van der Waals surface area contributed by atoms with Gasteiger partial charge >= 0.3 is 0 Å². The molecule has 1 aromatic rings. The number of hydrogen-bond acceptors (Lipinski definition) is 4. The molecule has 1 aromatic heterocycles. The Bertz CT molecular complexity index is 372. The van der Waals surface area contributed by atoms with Crippen LogP contribution in [0.4, 0.5) is 0 Å². The summed E-state index contributed by atoms with van der Waals surface area (Å²) in [6.45, 7) is 3.35. The fourth-order valence-electron chi connectivity index (χ4n) is 1.91. The minimum atomic E-state index is 0.0911. The molecule has 2 rings (SSSR count). The topological polar surface area (TPSA) is 51.2 Å². The first kappa shape index (κ1) is 12.5. The summed E-state index contributed by atoms with van der Waals surface area (Å²) in [4.78, 5) is 15.9. The average Bonchev–Trinajstić information content (AvgIpc) is 2.95. The van der Waals surface area contributed by atoms with Crippen LogP contribution >= 0.6 is 11.3 Å². The van der Waals surface area contributed by atoms with E-state index in [1.165, 1.54) is 0 Å². The lowest BCUT2D eigenvalue weighted by atomic mass is 10.1. The van der Waals surface area contributed by atoms with E-state index in [2.05, 4.69) is 10.3 Å². The monoisotopic (exact) mass is 254 g/mol. The molecule has 1 fully saturated rings. The summed E-state index contributed by atoms with van der Waals surface area (Å²) in [5, 5.41) is 5.85. The van der Waals surface area contributed by atoms with Crippen molar-refractivity contribution in [2.45, 2.75) is 45.3 Å². The summed E-state index contributed by atoms with van der Waals surface area (Å²) in [5.41, 5.74) is 1.01. The Kier molecular flexibility index (Phi) is 4.50. The number of nitrogens with one attached hydrogen (secondary N) is 1. The van der Waals surface area contributed by atoms with Gasteiger partial charge in [0.15, 0.2) is 0 Å². The lowest BCUT2D eigenvalue weighted by molar-refractivity contribution is -0.121. The zero-order valence-corrected chi connectivity index (χ0v) is 10.9. The summed E-state index contributed by atoms with van der Waals surface area (Å²) >= 11 is 1.58. The molecule has 4 nitrogen and oxygen atoms in total. The van der Waals surface area contributed by atoms with E-state index in [-0.39, 0.29) is 5.91 Å². The van der Waals surface area contributed by atoms with Crippen molar-refractivity contribution in [3.05, 3.63) is 16.1 Å². The van der Waals surface area contributed by atoms with Gasteiger partial charge in [0.25, 0.3) is 0 Å². The smallest absolute Gasteiger partial charge is 0.220 e. The van der Waals surface area contributed by atoms with E-state index in [1.54, 1.807) is 11.3 Å². The minimum Gasteiger partial charge on any atom is -0.378 e. The molecule has 0 aromatic carbocycles. The number of carbonyl (C=O) groups excluding carboxylic acids is 1. The Morgan fingerprint density at radius 2 is 2.59 bits per heavy atom. The van der Waals surface area contributed by atoms with Crippen molar-refractivity contribution in [2.24, 2.45) is 0 Å². The van der Waals surface area contributed by atoms with Crippen LogP contribution in [-0.4, -0.2) is 23.6 Å². The van der Waals surface area contributed by atoms with Gasteiger partial charge in [0.2, 0.25) is 5.91 Å². The lowest BCUT2D eigenvalue weighted by Gasteiger charge is -2.08. The van der Waals surface area contributed by atoms with Gasteiger partial charge in [-0.25, -0.2) is 4.98 Å². The van der Waals surface area contributed by atoms with Crippen molar-refractivity contribution < 1.29 is 9.53 Å². The van der Waals surface area contributed by atoms with E-state index in [9.17, 15) is 4.79 Å². The van der Waals surface area contributed by atoms with E-state index < -0.39 is 0 Å². The van der Waals surface area contributed by atoms with Crippen LogP contribution in [0.15, 0.2) is 5.38 Å². The molecule has 94 valence electrons. The second-order valence-electron chi connectivity index (χ2n) is 4.33. The number of nitrogens with zero attached hydrogens (tertiary/aromatic N) is 1. The van der Waals surface area contributed by atoms with Gasteiger partial charge in [0.05, 0.1) is 12.6 Å². The summed E-state index contributed by atoms with van der Waals surface area (Å²) in [5.74, 6) is 0.0911. The fraction of sp³-hybridized carbons (Fsp3) is 0.667. The van der Waals surface area contributed by atoms with E-state index >= 15 is 0 Å². The molecule has 17 heavy (non-hydrogen) atoms. The maximum absolute atomic E-state index is 11.6.